The number of hydrogen-bond acceptors (Lipinski definition) is 4. The van der Waals surface area contributed by atoms with Gasteiger partial charge in [-0.25, -0.2) is 4.79 Å². The zero-order valence-electron chi connectivity index (χ0n) is 8.40. The van der Waals surface area contributed by atoms with E-state index in [-0.39, 0.29) is 12.3 Å². The van der Waals surface area contributed by atoms with Crippen molar-refractivity contribution >= 4 is 33.4 Å². The van der Waals surface area contributed by atoms with Gasteiger partial charge in [0.25, 0.3) is 5.69 Å². The summed E-state index contributed by atoms with van der Waals surface area (Å²) in [6, 6.07) is 4.03. The molecule has 0 bridgehead atoms. The van der Waals surface area contributed by atoms with Crippen LogP contribution < -0.4 is 5.32 Å². The monoisotopic (exact) mass is 288 g/mol. The minimum atomic E-state index is -0.600. The smallest absolute Gasteiger partial charge is 0.411 e. The van der Waals surface area contributed by atoms with E-state index < -0.39 is 11.0 Å². The normalized spacial score (nSPS) is 9.62. The highest BCUT2D eigenvalue weighted by molar-refractivity contribution is 9.10. The molecule has 86 valence electrons. The number of amides is 1. The number of nitro groups is 1. The van der Waals surface area contributed by atoms with Gasteiger partial charge in [0.15, 0.2) is 0 Å². The van der Waals surface area contributed by atoms with Gasteiger partial charge in [0, 0.05) is 16.6 Å². The number of ether oxygens (including phenoxy) is 1. The first-order chi connectivity index (χ1) is 7.54. The quantitative estimate of drug-likeness (QED) is 0.685. The first-order valence-corrected chi connectivity index (χ1v) is 5.21. The van der Waals surface area contributed by atoms with E-state index in [0.717, 1.165) is 0 Å². The van der Waals surface area contributed by atoms with Crippen LogP contribution >= 0.6 is 15.9 Å². The van der Waals surface area contributed by atoms with Gasteiger partial charge in [-0.3, -0.25) is 15.4 Å². The van der Waals surface area contributed by atoms with Gasteiger partial charge >= 0.3 is 6.09 Å². The Hall–Kier alpha value is -1.63. The van der Waals surface area contributed by atoms with Gasteiger partial charge in [0.2, 0.25) is 0 Å². The summed E-state index contributed by atoms with van der Waals surface area (Å²) in [7, 11) is 0. The number of carbonyl (C=O) groups excluding carboxylic acids is 1. The lowest BCUT2D eigenvalue weighted by Gasteiger charge is -2.06. The number of non-ortho nitro benzene ring substituents is 1. The molecule has 0 unspecified atom stereocenters. The fourth-order valence-corrected chi connectivity index (χ4v) is 1.46. The summed E-state index contributed by atoms with van der Waals surface area (Å²) < 4.78 is 5.10. The Morgan fingerprint density at radius 3 is 2.81 bits per heavy atom. The fraction of sp³-hybridized carbons (Fsp3) is 0.222. The van der Waals surface area contributed by atoms with Crippen molar-refractivity contribution in [1.29, 1.82) is 0 Å². The van der Waals surface area contributed by atoms with Crippen LogP contribution in [0.3, 0.4) is 0 Å². The summed E-state index contributed by atoms with van der Waals surface area (Å²) >= 11 is 3.12. The maximum atomic E-state index is 11.1. The molecule has 0 aliphatic carbocycles. The van der Waals surface area contributed by atoms with E-state index >= 15 is 0 Å². The van der Waals surface area contributed by atoms with E-state index in [4.69, 9.17) is 0 Å². The van der Waals surface area contributed by atoms with E-state index in [9.17, 15) is 14.9 Å². The molecule has 0 radical (unpaired) electrons. The summed E-state index contributed by atoms with van der Waals surface area (Å²) in [5, 5.41) is 12.9. The lowest BCUT2D eigenvalue weighted by atomic mass is 10.3. The van der Waals surface area contributed by atoms with Crippen LogP contribution in [-0.2, 0) is 4.74 Å². The van der Waals surface area contributed by atoms with Crippen molar-refractivity contribution in [3.05, 3.63) is 32.8 Å². The van der Waals surface area contributed by atoms with Crippen molar-refractivity contribution in [3.8, 4) is 0 Å². The van der Waals surface area contributed by atoms with Crippen molar-refractivity contribution in [3.63, 3.8) is 0 Å². The van der Waals surface area contributed by atoms with Gasteiger partial charge in [0.1, 0.15) is 0 Å². The first kappa shape index (κ1) is 12.4. The molecule has 0 spiro atoms. The van der Waals surface area contributed by atoms with E-state index in [1.807, 2.05) is 0 Å². The molecule has 0 fully saturated rings. The van der Waals surface area contributed by atoms with Crippen LogP contribution in [0.1, 0.15) is 6.92 Å². The Morgan fingerprint density at radius 2 is 2.31 bits per heavy atom. The molecule has 1 aromatic rings. The topological polar surface area (TPSA) is 81.5 Å². The van der Waals surface area contributed by atoms with Crippen LogP contribution in [0.4, 0.5) is 16.2 Å². The number of hydrogen-bond donors (Lipinski definition) is 1. The lowest BCUT2D eigenvalue weighted by Crippen LogP contribution is -2.13. The van der Waals surface area contributed by atoms with Crippen molar-refractivity contribution in [2.24, 2.45) is 0 Å². The molecule has 0 saturated carbocycles. The number of benzene rings is 1. The summed E-state index contributed by atoms with van der Waals surface area (Å²) in [6.45, 7) is 1.95. The highest BCUT2D eigenvalue weighted by Crippen LogP contribution is 2.27. The van der Waals surface area contributed by atoms with Gasteiger partial charge in [-0.15, -0.1) is 0 Å². The molecule has 0 saturated heterocycles. The molecule has 6 nitrogen and oxygen atoms in total. The zero-order valence-corrected chi connectivity index (χ0v) is 9.98. The molecule has 1 aromatic carbocycles. The predicted molar refractivity (Wildman–Crippen MR) is 61.4 cm³/mol. The average molecular weight is 289 g/mol. The van der Waals surface area contributed by atoms with Crippen LogP contribution in [0, 0.1) is 10.1 Å². The van der Waals surface area contributed by atoms with E-state index in [1.54, 1.807) is 6.92 Å². The molecule has 1 rings (SSSR count). The van der Waals surface area contributed by atoms with Crippen LogP contribution in [0.25, 0.3) is 0 Å². The lowest BCUT2D eigenvalue weighted by molar-refractivity contribution is -0.384. The second-order valence-electron chi connectivity index (χ2n) is 2.77. The van der Waals surface area contributed by atoms with Crippen molar-refractivity contribution < 1.29 is 14.5 Å². The van der Waals surface area contributed by atoms with E-state index in [2.05, 4.69) is 26.0 Å². The molecule has 16 heavy (non-hydrogen) atoms. The summed E-state index contributed by atoms with van der Waals surface area (Å²) in [4.78, 5) is 21.0. The Labute approximate surface area is 99.9 Å². The fourth-order valence-electron chi connectivity index (χ4n) is 0.996. The SMILES string of the molecule is CCOC(=O)Nc1ccc([N+](=O)[O-])cc1Br. The summed E-state index contributed by atoms with van der Waals surface area (Å²) in [6.07, 6.45) is -0.600. The molecular weight excluding hydrogens is 280 g/mol. The van der Waals surface area contributed by atoms with Crippen LogP contribution in [0.2, 0.25) is 0 Å². The van der Waals surface area contributed by atoms with Gasteiger partial charge < -0.3 is 4.74 Å². The molecule has 0 aliphatic heterocycles. The first-order valence-electron chi connectivity index (χ1n) is 4.42. The maximum absolute atomic E-state index is 11.1. The Bertz CT molecular complexity index is 422. The summed E-state index contributed by atoms with van der Waals surface area (Å²) in [5.41, 5.74) is 0.366. The number of carbonyl (C=O) groups is 1. The largest absolute Gasteiger partial charge is 0.450 e. The molecule has 7 heteroatoms. The molecular formula is C9H9BrN2O4. The van der Waals surface area contributed by atoms with Crippen LogP contribution in [0.5, 0.6) is 0 Å². The third-order valence-electron chi connectivity index (χ3n) is 1.68. The van der Waals surface area contributed by atoms with E-state index in [1.165, 1.54) is 18.2 Å². The number of nitro benzene ring substituents is 1. The van der Waals surface area contributed by atoms with Gasteiger partial charge in [0.05, 0.1) is 17.2 Å². The van der Waals surface area contributed by atoms with Crippen LogP contribution in [-0.4, -0.2) is 17.6 Å². The van der Waals surface area contributed by atoms with Crippen molar-refractivity contribution in [2.45, 2.75) is 6.92 Å². The molecule has 0 atom stereocenters. The van der Waals surface area contributed by atoms with Gasteiger partial charge in [-0.2, -0.15) is 0 Å². The Balaban J connectivity index is 2.83. The third-order valence-corrected chi connectivity index (χ3v) is 2.33. The highest BCUT2D eigenvalue weighted by Gasteiger charge is 2.11. The second-order valence-corrected chi connectivity index (χ2v) is 3.62. The minimum absolute atomic E-state index is 0.0544. The molecule has 1 N–H and O–H groups in total. The molecule has 1 amide bonds. The van der Waals surface area contributed by atoms with Crippen molar-refractivity contribution in [2.75, 3.05) is 11.9 Å². The number of halogens is 1. The maximum Gasteiger partial charge on any atom is 0.411 e. The van der Waals surface area contributed by atoms with Crippen molar-refractivity contribution in [1.82, 2.24) is 0 Å². The second kappa shape index (κ2) is 5.45. The van der Waals surface area contributed by atoms with Gasteiger partial charge in [-0.1, -0.05) is 0 Å². The van der Waals surface area contributed by atoms with Gasteiger partial charge in [-0.05, 0) is 28.9 Å². The highest BCUT2D eigenvalue weighted by atomic mass is 79.9. The molecule has 0 heterocycles. The zero-order chi connectivity index (χ0) is 12.1. The van der Waals surface area contributed by atoms with E-state index in [0.29, 0.717) is 10.2 Å². The Morgan fingerprint density at radius 1 is 1.62 bits per heavy atom. The predicted octanol–water partition coefficient (Wildman–Crippen LogP) is 2.93. The molecule has 0 aliphatic rings. The summed E-state index contributed by atoms with van der Waals surface area (Å²) in [5.74, 6) is 0. The number of nitrogens with one attached hydrogen (secondary N) is 1. The average Bonchev–Trinajstić information content (AvgIpc) is 2.21. The number of rotatable bonds is 3. The minimum Gasteiger partial charge on any atom is -0.450 e. The number of anilines is 1. The number of nitrogens with zero attached hydrogens (tertiary/aromatic N) is 1. The Kier molecular flexibility index (Phi) is 4.24. The van der Waals surface area contributed by atoms with Crippen LogP contribution in [0.15, 0.2) is 22.7 Å². The standard InChI is InChI=1S/C9H9BrN2O4/c1-2-16-9(13)11-8-4-3-6(12(14)15)5-7(8)10/h3-5H,2H2,1H3,(H,11,13). The molecule has 0 aromatic heterocycles. The third kappa shape index (κ3) is 3.20.